The molecular weight excluding hydrogens is 728 g/mol. The number of hydrogen-bond acceptors (Lipinski definition) is 17. The van der Waals surface area contributed by atoms with Crippen LogP contribution in [-0.2, 0) is 41.4 Å². The van der Waals surface area contributed by atoms with Crippen LogP contribution in [0.25, 0.3) is 21.7 Å². The van der Waals surface area contributed by atoms with Gasteiger partial charge in [0.05, 0.1) is 44.5 Å². The van der Waals surface area contributed by atoms with Gasteiger partial charge in [0.1, 0.15) is 33.2 Å². The Morgan fingerprint density at radius 1 is 1.06 bits per heavy atom. The van der Waals surface area contributed by atoms with Gasteiger partial charge in [-0.05, 0) is 47.9 Å². The van der Waals surface area contributed by atoms with Crippen LogP contribution in [0.4, 0.5) is 34.1 Å². The molecule has 2 aromatic heterocycles. The third kappa shape index (κ3) is 8.58. The van der Waals surface area contributed by atoms with E-state index in [1.807, 2.05) is 0 Å². The molecule has 0 saturated carbocycles. The Bertz CT molecular complexity index is 2170. The van der Waals surface area contributed by atoms with Crippen LogP contribution >= 0.6 is 12.0 Å². The predicted octanol–water partition coefficient (Wildman–Crippen LogP) is 6.57. The smallest absolute Gasteiger partial charge is 0.300 e. The maximum Gasteiger partial charge on any atom is 0.300 e. The second kappa shape index (κ2) is 16.1. The van der Waals surface area contributed by atoms with E-state index in [9.17, 15) is 28.2 Å². The molecule has 5 aromatic rings. The van der Waals surface area contributed by atoms with Crippen LogP contribution in [0.1, 0.15) is 6.92 Å². The number of fused-ring (bicyclic) bond motifs is 2. The van der Waals surface area contributed by atoms with Crippen molar-refractivity contribution < 1.29 is 64.6 Å². The Labute approximate surface area is 283 Å². The zero-order valence-corrected chi connectivity index (χ0v) is 26.4. The molecule has 6 N–H and O–H groups in total. The maximum absolute atomic E-state index is 12.4. The fourth-order valence-electron chi connectivity index (χ4n) is 4.03. The van der Waals surface area contributed by atoms with Crippen LogP contribution in [0, 0.1) is 10.1 Å². The fraction of sp³-hybridized carbons (Fsp3) is 0.0385. The SMILES string of the molecule is CC(=O)O.Nc1c(N=Nc2ccc([N+](=O)[O-])c3cccnc23)c(S(=O)(=O)O)cc2cc(SOOO)c(N=Nc3cccnc3)c(O)c12.[Cu]. The average Bonchev–Trinajstić information content (AvgIpc) is 3.02. The number of aliphatic carboxylic acids is 1. The number of carboxylic acid groups (broad SMARTS) is 1. The number of nitro benzene ring substituents is 1. The number of non-ortho nitro benzene ring substituents is 1. The van der Waals surface area contributed by atoms with Crippen molar-refractivity contribution in [3.8, 4) is 5.75 Å². The number of phenolic OH excluding ortho intramolecular Hbond substituents is 1. The number of pyridine rings is 2. The Kier molecular flexibility index (Phi) is 12.5. The zero-order chi connectivity index (χ0) is 34.3. The van der Waals surface area contributed by atoms with E-state index in [0.717, 1.165) is 13.0 Å². The molecule has 0 aliphatic rings. The van der Waals surface area contributed by atoms with E-state index >= 15 is 0 Å². The van der Waals surface area contributed by atoms with Crippen molar-refractivity contribution in [3.63, 3.8) is 0 Å². The molecule has 0 bridgehead atoms. The Hall–Kier alpha value is -5.19. The van der Waals surface area contributed by atoms with Crippen molar-refractivity contribution in [2.75, 3.05) is 5.73 Å². The predicted molar refractivity (Wildman–Crippen MR) is 165 cm³/mol. The quantitative estimate of drug-likeness (QED) is 0.0156. The van der Waals surface area contributed by atoms with Gasteiger partial charge in [-0.3, -0.25) is 29.4 Å². The molecule has 48 heavy (non-hydrogen) atoms. The minimum atomic E-state index is -4.98. The molecule has 0 atom stereocenters. The number of azo groups is 2. The van der Waals surface area contributed by atoms with Crippen LogP contribution in [0.15, 0.2) is 97.4 Å². The summed E-state index contributed by atoms with van der Waals surface area (Å²) in [4.78, 5) is 27.1. The fourth-order valence-corrected chi connectivity index (χ4v) is 5.20. The minimum Gasteiger partial charge on any atom is -0.505 e. The largest absolute Gasteiger partial charge is 0.505 e. The number of nitro groups is 1. The molecule has 0 fully saturated rings. The summed E-state index contributed by atoms with van der Waals surface area (Å²) in [6.45, 7) is 1.08. The van der Waals surface area contributed by atoms with Gasteiger partial charge in [-0.25, -0.2) is 5.26 Å². The van der Waals surface area contributed by atoms with E-state index in [0.29, 0.717) is 17.7 Å². The molecule has 0 unspecified atom stereocenters. The topological polar surface area (TPSA) is 295 Å². The Balaban J connectivity index is 0.00000118. The van der Waals surface area contributed by atoms with Gasteiger partial charge >= 0.3 is 0 Å². The molecule has 0 aliphatic heterocycles. The molecule has 19 nitrogen and oxygen atoms in total. The van der Waals surface area contributed by atoms with Crippen molar-refractivity contribution in [3.05, 3.63) is 77.2 Å². The molecule has 22 heteroatoms. The van der Waals surface area contributed by atoms with Crippen LogP contribution in [-0.4, -0.2) is 49.3 Å². The monoisotopic (exact) mass is 747 g/mol. The molecule has 0 amide bonds. The zero-order valence-electron chi connectivity index (χ0n) is 23.8. The molecule has 253 valence electrons. The summed E-state index contributed by atoms with van der Waals surface area (Å²) in [5, 5.41) is 58.3. The number of carboxylic acids is 1. The van der Waals surface area contributed by atoms with Crippen molar-refractivity contribution in [2.45, 2.75) is 16.7 Å². The average molecular weight is 748 g/mol. The first kappa shape index (κ1) is 37.3. The van der Waals surface area contributed by atoms with Gasteiger partial charge in [-0.1, -0.05) is 5.04 Å². The molecule has 5 rings (SSSR count). The molecule has 0 aliphatic carbocycles. The van der Waals surface area contributed by atoms with Gasteiger partial charge in [0.25, 0.3) is 21.8 Å². The number of hydrogen-bond donors (Lipinski definition) is 5. The summed E-state index contributed by atoms with van der Waals surface area (Å²) >= 11 is 0.395. The number of benzene rings is 3. The number of phenols is 1. The number of aromatic nitrogens is 2. The van der Waals surface area contributed by atoms with Gasteiger partial charge in [0.15, 0.2) is 5.75 Å². The maximum atomic E-state index is 12.4. The van der Waals surface area contributed by atoms with Crippen LogP contribution in [0.3, 0.4) is 0 Å². The Morgan fingerprint density at radius 3 is 2.38 bits per heavy atom. The molecule has 0 saturated heterocycles. The van der Waals surface area contributed by atoms with Gasteiger partial charge in [0, 0.05) is 42.5 Å². The van der Waals surface area contributed by atoms with Crippen LogP contribution in [0.2, 0.25) is 0 Å². The number of nitrogens with zero attached hydrogens (tertiary/aromatic N) is 7. The Morgan fingerprint density at radius 2 is 1.75 bits per heavy atom. The van der Waals surface area contributed by atoms with E-state index in [4.69, 9.17) is 20.9 Å². The first-order chi connectivity index (χ1) is 22.3. The number of carbonyl (C=O) groups is 1. The van der Waals surface area contributed by atoms with Crippen molar-refractivity contribution in [1.29, 1.82) is 0 Å². The van der Waals surface area contributed by atoms with Crippen LogP contribution < -0.4 is 5.73 Å². The second-order valence-electron chi connectivity index (χ2n) is 8.90. The second-order valence-corrected chi connectivity index (χ2v) is 11.0. The number of anilines is 1. The van der Waals surface area contributed by atoms with Crippen LogP contribution in [0.5, 0.6) is 5.75 Å². The molecule has 1 radical (unpaired) electrons. The summed E-state index contributed by atoms with van der Waals surface area (Å²) in [6, 6.07) is 10.8. The van der Waals surface area contributed by atoms with Gasteiger partial charge in [-0.2, -0.15) is 8.42 Å². The first-order valence-electron chi connectivity index (χ1n) is 12.5. The standard InChI is InChI=1S/C24H16N8O9S2.C2H4O2.Cu/c25-20-19-12(9-17(42-41-40-36)22(24(19)33)30-28-13-3-1-7-26-11-13)10-18(43(37,38)39)23(20)31-29-15-5-6-16(32(34)35)14-4-2-8-27-21(14)15;1-2(3)4;/h1-11,33,36H,25H2,(H,37,38,39);1H3,(H,3,4);. The molecular formula is C26H20CuN8O11S2. The summed E-state index contributed by atoms with van der Waals surface area (Å²) in [5.41, 5.74) is 5.26. The van der Waals surface area contributed by atoms with E-state index in [1.165, 1.54) is 48.9 Å². The summed E-state index contributed by atoms with van der Waals surface area (Å²) < 4.78 is 39.3. The van der Waals surface area contributed by atoms with E-state index in [1.54, 1.807) is 12.1 Å². The third-order valence-electron chi connectivity index (χ3n) is 5.84. The van der Waals surface area contributed by atoms with Gasteiger partial charge in [0.2, 0.25) is 0 Å². The third-order valence-corrected chi connectivity index (χ3v) is 7.32. The first-order valence-corrected chi connectivity index (χ1v) is 14.7. The molecule has 0 spiro atoms. The van der Waals surface area contributed by atoms with E-state index < -0.39 is 43.0 Å². The number of aromatic hydroxyl groups is 1. The number of rotatable bonds is 9. The molecule has 3 aromatic carbocycles. The number of nitrogens with two attached hydrogens (primary N) is 1. The van der Waals surface area contributed by atoms with E-state index in [2.05, 4.69) is 39.8 Å². The summed E-state index contributed by atoms with van der Waals surface area (Å²) in [5.74, 6) is -1.44. The summed E-state index contributed by atoms with van der Waals surface area (Å²) in [6.07, 6.45) is 4.28. The minimum absolute atomic E-state index is 0. The van der Waals surface area contributed by atoms with Crippen molar-refractivity contribution >= 4 is 83.9 Å². The number of nitrogen functional groups attached to an aromatic ring is 1. The van der Waals surface area contributed by atoms with Gasteiger partial charge < -0.3 is 15.9 Å². The van der Waals surface area contributed by atoms with Crippen molar-refractivity contribution in [1.82, 2.24) is 9.97 Å². The summed E-state index contributed by atoms with van der Waals surface area (Å²) in [7, 11) is -4.98. The normalized spacial score (nSPS) is 11.4. The molecule has 2 heterocycles. The van der Waals surface area contributed by atoms with Crippen molar-refractivity contribution in [2.24, 2.45) is 20.5 Å². The van der Waals surface area contributed by atoms with E-state index in [-0.39, 0.29) is 60.7 Å². The van der Waals surface area contributed by atoms with Gasteiger partial charge in [-0.15, -0.1) is 24.8 Å².